The molecular weight excluding hydrogens is 398 g/mol. The van der Waals surface area contributed by atoms with Crippen molar-refractivity contribution in [2.45, 2.75) is 39.2 Å². The number of hydrogen-bond acceptors (Lipinski definition) is 7. The summed E-state index contributed by atoms with van der Waals surface area (Å²) >= 11 is 0. The van der Waals surface area contributed by atoms with E-state index in [1.54, 1.807) is 17.0 Å². The molecule has 1 unspecified atom stereocenters. The Morgan fingerprint density at radius 1 is 1.21 bits per heavy atom. The van der Waals surface area contributed by atoms with E-state index in [4.69, 9.17) is 14.2 Å². The molecule has 1 fully saturated rings. The van der Waals surface area contributed by atoms with Crippen LogP contribution in [0.2, 0.25) is 0 Å². The summed E-state index contributed by atoms with van der Waals surface area (Å²) in [7, 11) is -1.65. The second-order valence-electron chi connectivity index (χ2n) is 6.87. The summed E-state index contributed by atoms with van der Waals surface area (Å²) < 4.78 is 39.4. The minimum Gasteiger partial charge on any atom is -0.493 e. The maximum Gasteiger partial charge on any atom is 0.338 e. The second kappa shape index (κ2) is 10.5. The number of unbranched alkanes of at least 4 members (excludes halogenated alkanes) is 1. The number of methoxy groups -OCH3 is 1. The SMILES string of the molecule is CCCCN(C(=O)COC(=O)c1ccc(OCC)c(OC)c1)C1CCS(=O)(=O)C1. The Bertz CT molecular complexity index is 822. The molecule has 2 rings (SSSR count). The van der Waals surface area contributed by atoms with Gasteiger partial charge in [-0.15, -0.1) is 0 Å². The van der Waals surface area contributed by atoms with Crippen molar-refractivity contribution in [3.05, 3.63) is 23.8 Å². The number of esters is 1. The highest BCUT2D eigenvalue weighted by atomic mass is 32.2. The monoisotopic (exact) mass is 427 g/mol. The van der Waals surface area contributed by atoms with Gasteiger partial charge in [-0.3, -0.25) is 4.79 Å². The number of amides is 1. The molecule has 1 atom stereocenters. The maximum absolute atomic E-state index is 12.7. The maximum atomic E-state index is 12.7. The van der Waals surface area contributed by atoms with Gasteiger partial charge in [-0.25, -0.2) is 13.2 Å². The third kappa shape index (κ3) is 6.35. The molecule has 0 spiro atoms. The standard InChI is InChI=1S/C20H29NO7S/c1-4-6-10-21(16-9-11-29(24,25)14-16)19(22)13-28-20(23)15-7-8-17(27-5-2)18(12-15)26-3/h7-8,12,16H,4-6,9-11,13-14H2,1-3H3. The number of carbonyl (C=O) groups is 2. The van der Waals surface area contributed by atoms with Crippen LogP contribution in [-0.2, 0) is 19.4 Å². The van der Waals surface area contributed by atoms with Crippen molar-refractivity contribution in [3.8, 4) is 11.5 Å². The number of rotatable bonds is 10. The number of carbonyl (C=O) groups excluding carboxylic acids is 2. The van der Waals surface area contributed by atoms with E-state index in [0.29, 0.717) is 31.1 Å². The van der Waals surface area contributed by atoms with E-state index in [2.05, 4.69) is 0 Å². The lowest BCUT2D eigenvalue weighted by molar-refractivity contribution is -0.136. The normalized spacial score (nSPS) is 17.6. The van der Waals surface area contributed by atoms with E-state index in [1.807, 2.05) is 13.8 Å². The van der Waals surface area contributed by atoms with Gasteiger partial charge in [0.2, 0.25) is 0 Å². The summed E-state index contributed by atoms with van der Waals surface area (Å²) in [5.41, 5.74) is 0.238. The first-order chi connectivity index (χ1) is 13.8. The summed E-state index contributed by atoms with van der Waals surface area (Å²) in [5, 5.41) is 0. The molecule has 1 amide bonds. The Balaban J connectivity index is 2.02. The van der Waals surface area contributed by atoms with Crippen molar-refractivity contribution in [1.29, 1.82) is 0 Å². The third-order valence-electron chi connectivity index (χ3n) is 4.75. The largest absolute Gasteiger partial charge is 0.493 e. The Kier molecular flexibility index (Phi) is 8.31. The van der Waals surface area contributed by atoms with E-state index in [0.717, 1.165) is 12.8 Å². The molecule has 1 aromatic carbocycles. The van der Waals surface area contributed by atoms with Crippen LogP contribution >= 0.6 is 0 Å². The number of benzene rings is 1. The zero-order valence-electron chi connectivity index (χ0n) is 17.2. The molecule has 9 heteroatoms. The Hall–Kier alpha value is -2.29. The van der Waals surface area contributed by atoms with E-state index < -0.39 is 22.4 Å². The summed E-state index contributed by atoms with van der Waals surface area (Å²) in [5.74, 6) is -0.0867. The van der Waals surface area contributed by atoms with Gasteiger partial charge in [-0.1, -0.05) is 13.3 Å². The van der Waals surface area contributed by atoms with Crippen LogP contribution in [0.4, 0.5) is 0 Å². The smallest absolute Gasteiger partial charge is 0.338 e. The Labute approximate surface area is 172 Å². The fourth-order valence-electron chi connectivity index (χ4n) is 3.22. The molecule has 162 valence electrons. The van der Waals surface area contributed by atoms with E-state index >= 15 is 0 Å². The van der Waals surface area contributed by atoms with Crippen molar-refractivity contribution in [2.75, 3.05) is 38.4 Å². The zero-order valence-corrected chi connectivity index (χ0v) is 18.0. The van der Waals surface area contributed by atoms with Gasteiger partial charge in [0.15, 0.2) is 27.9 Å². The molecule has 1 aromatic rings. The van der Waals surface area contributed by atoms with Crippen molar-refractivity contribution in [3.63, 3.8) is 0 Å². The van der Waals surface area contributed by atoms with Gasteiger partial charge in [0, 0.05) is 12.6 Å². The molecule has 1 aliphatic heterocycles. The van der Waals surface area contributed by atoms with Crippen molar-refractivity contribution >= 4 is 21.7 Å². The van der Waals surface area contributed by atoms with Gasteiger partial charge in [-0.05, 0) is 38.0 Å². The first-order valence-electron chi connectivity index (χ1n) is 9.79. The number of ether oxygens (including phenoxy) is 3. The molecule has 0 aromatic heterocycles. The van der Waals surface area contributed by atoms with Crippen LogP contribution in [0.25, 0.3) is 0 Å². The molecule has 1 heterocycles. The molecule has 1 saturated heterocycles. The third-order valence-corrected chi connectivity index (χ3v) is 6.50. The van der Waals surface area contributed by atoms with Crippen LogP contribution in [0, 0.1) is 0 Å². The van der Waals surface area contributed by atoms with Gasteiger partial charge in [0.25, 0.3) is 5.91 Å². The van der Waals surface area contributed by atoms with Gasteiger partial charge in [-0.2, -0.15) is 0 Å². The lowest BCUT2D eigenvalue weighted by Crippen LogP contribution is -2.43. The van der Waals surface area contributed by atoms with Crippen LogP contribution in [-0.4, -0.2) is 69.6 Å². The minimum atomic E-state index is -3.12. The summed E-state index contributed by atoms with van der Waals surface area (Å²) in [6, 6.07) is 4.29. The highest BCUT2D eigenvalue weighted by Gasteiger charge is 2.34. The van der Waals surface area contributed by atoms with Gasteiger partial charge in [0.05, 0.1) is 30.8 Å². The first kappa shape index (κ1) is 23.0. The quantitative estimate of drug-likeness (QED) is 0.527. The molecule has 0 bridgehead atoms. The van der Waals surface area contributed by atoms with Crippen molar-refractivity contribution in [2.24, 2.45) is 0 Å². The number of sulfone groups is 1. The van der Waals surface area contributed by atoms with E-state index in [-0.39, 0.29) is 29.0 Å². The number of hydrogen-bond donors (Lipinski definition) is 0. The van der Waals surface area contributed by atoms with E-state index in [9.17, 15) is 18.0 Å². The lowest BCUT2D eigenvalue weighted by atomic mass is 10.2. The van der Waals surface area contributed by atoms with Crippen LogP contribution < -0.4 is 9.47 Å². The predicted octanol–water partition coefficient (Wildman–Crippen LogP) is 2.07. The van der Waals surface area contributed by atoms with Crippen LogP contribution in [0.15, 0.2) is 18.2 Å². The topological polar surface area (TPSA) is 99.2 Å². The predicted molar refractivity (Wildman–Crippen MR) is 108 cm³/mol. The average molecular weight is 428 g/mol. The highest BCUT2D eigenvalue weighted by Crippen LogP contribution is 2.28. The van der Waals surface area contributed by atoms with Crippen LogP contribution in [0.3, 0.4) is 0 Å². The first-order valence-corrected chi connectivity index (χ1v) is 11.6. The zero-order chi connectivity index (χ0) is 21.4. The molecule has 1 aliphatic rings. The summed E-state index contributed by atoms with van der Waals surface area (Å²) in [6.45, 7) is 4.30. The van der Waals surface area contributed by atoms with E-state index in [1.165, 1.54) is 13.2 Å². The molecule has 0 radical (unpaired) electrons. The van der Waals surface area contributed by atoms with Crippen molar-refractivity contribution < 1.29 is 32.2 Å². The Morgan fingerprint density at radius 2 is 1.97 bits per heavy atom. The molecule has 0 aliphatic carbocycles. The van der Waals surface area contributed by atoms with Crippen molar-refractivity contribution in [1.82, 2.24) is 4.90 Å². The van der Waals surface area contributed by atoms with Crippen LogP contribution in [0.5, 0.6) is 11.5 Å². The van der Waals surface area contributed by atoms with Crippen LogP contribution in [0.1, 0.15) is 43.5 Å². The van der Waals surface area contributed by atoms with Gasteiger partial charge >= 0.3 is 5.97 Å². The fraction of sp³-hybridized carbons (Fsp3) is 0.600. The fourth-order valence-corrected chi connectivity index (χ4v) is 4.95. The molecular formula is C20H29NO7S. The highest BCUT2D eigenvalue weighted by molar-refractivity contribution is 7.91. The molecule has 0 saturated carbocycles. The number of nitrogens with zero attached hydrogens (tertiary/aromatic N) is 1. The minimum absolute atomic E-state index is 0.0352. The summed E-state index contributed by atoms with van der Waals surface area (Å²) in [4.78, 5) is 26.6. The summed E-state index contributed by atoms with van der Waals surface area (Å²) in [6.07, 6.45) is 2.04. The van der Waals surface area contributed by atoms with Gasteiger partial charge in [0.1, 0.15) is 0 Å². The molecule has 0 N–H and O–H groups in total. The molecule has 8 nitrogen and oxygen atoms in total. The molecule has 29 heavy (non-hydrogen) atoms. The van der Waals surface area contributed by atoms with Gasteiger partial charge < -0.3 is 19.1 Å². The second-order valence-corrected chi connectivity index (χ2v) is 9.10. The lowest BCUT2D eigenvalue weighted by Gasteiger charge is -2.28. The Morgan fingerprint density at radius 3 is 2.55 bits per heavy atom. The average Bonchev–Trinajstić information content (AvgIpc) is 3.06.